The number of rotatable bonds is 7. The van der Waals surface area contributed by atoms with Crippen LogP contribution in [0, 0.1) is 0 Å². The van der Waals surface area contributed by atoms with Gasteiger partial charge >= 0.3 is 0 Å². The zero-order valence-corrected chi connectivity index (χ0v) is 11.8. The van der Waals surface area contributed by atoms with Gasteiger partial charge in [0, 0.05) is 26.2 Å². The van der Waals surface area contributed by atoms with E-state index >= 15 is 0 Å². The summed E-state index contributed by atoms with van der Waals surface area (Å²) in [7, 11) is 0. The van der Waals surface area contributed by atoms with Gasteiger partial charge in [0.1, 0.15) is 0 Å². The van der Waals surface area contributed by atoms with Gasteiger partial charge in [-0.3, -0.25) is 4.90 Å². The number of aliphatic hydroxyl groups is 1. The molecule has 0 spiro atoms. The van der Waals surface area contributed by atoms with Crippen LogP contribution in [0.2, 0.25) is 0 Å². The van der Waals surface area contributed by atoms with Crippen LogP contribution in [0.1, 0.15) is 30.9 Å². The number of fused-ring (bicyclic) bond motifs is 1. The summed E-state index contributed by atoms with van der Waals surface area (Å²) in [5.74, 6) is 0. The lowest BCUT2D eigenvalue weighted by atomic mass is 10.00. The lowest BCUT2D eigenvalue weighted by Crippen LogP contribution is -2.38. The molecule has 1 atom stereocenters. The zero-order chi connectivity index (χ0) is 13.5. The van der Waals surface area contributed by atoms with Crippen LogP contribution in [0.3, 0.4) is 0 Å². The Morgan fingerprint density at radius 2 is 2.11 bits per heavy atom. The van der Waals surface area contributed by atoms with Crippen LogP contribution >= 0.6 is 0 Å². The number of ether oxygens (including phenoxy) is 1. The summed E-state index contributed by atoms with van der Waals surface area (Å²) in [6.07, 6.45) is 2.92. The number of hydrogen-bond acceptors (Lipinski definition) is 3. The van der Waals surface area contributed by atoms with Gasteiger partial charge in [-0.2, -0.15) is 0 Å². The average molecular weight is 263 g/mol. The fourth-order valence-electron chi connectivity index (χ4n) is 2.53. The van der Waals surface area contributed by atoms with E-state index in [2.05, 4.69) is 36.1 Å². The molecule has 1 heterocycles. The minimum atomic E-state index is -0.373. The van der Waals surface area contributed by atoms with E-state index in [1.165, 1.54) is 11.1 Å². The molecule has 1 aliphatic rings. The Bertz CT molecular complexity index is 381. The molecular formula is C16H25NO2. The molecule has 0 saturated heterocycles. The van der Waals surface area contributed by atoms with E-state index in [9.17, 15) is 5.11 Å². The van der Waals surface area contributed by atoms with Crippen LogP contribution in [-0.2, 0) is 17.7 Å². The molecule has 0 unspecified atom stereocenters. The normalized spacial score (nSPS) is 17.2. The highest BCUT2D eigenvalue weighted by atomic mass is 16.5. The lowest BCUT2D eigenvalue weighted by molar-refractivity contribution is 0.0135. The predicted octanol–water partition coefficient (Wildman–Crippen LogP) is 2.22. The molecule has 2 rings (SSSR count). The lowest BCUT2D eigenvalue weighted by Gasteiger charge is -2.30. The number of benzene rings is 1. The highest BCUT2D eigenvalue weighted by Crippen LogP contribution is 2.18. The summed E-state index contributed by atoms with van der Waals surface area (Å²) in [5.41, 5.74) is 2.85. The van der Waals surface area contributed by atoms with E-state index in [0.29, 0.717) is 13.2 Å². The van der Waals surface area contributed by atoms with Gasteiger partial charge < -0.3 is 9.84 Å². The number of unbranched alkanes of at least 4 members (excludes halogenated alkanes) is 1. The topological polar surface area (TPSA) is 32.7 Å². The van der Waals surface area contributed by atoms with E-state index < -0.39 is 0 Å². The molecule has 19 heavy (non-hydrogen) atoms. The number of β-amino-alcohol motifs (C(OH)–C–C–N with tert-alkyl or cyclic N) is 1. The maximum atomic E-state index is 9.98. The smallest absolute Gasteiger partial charge is 0.0900 e. The molecule has 3 nitrogen and oxygen atoms in total. The van der Waals surface area contributed by atoms with Gasteiger partial charge in [0.25, 0.3) is 0 Å². The van der Waals surface area contributed by atoms with Gasteiger partial charge in [0.2, 0.25) is 0 Å². The Morgan fingerprint density at radius 1 is 1.32 bits per heavy atom. The Kier molecular flexibility index (Phi) is 5.83. The quantitative estimate of drug-likeness (QED) is 0.766. The second kappa shape index (κ2) is 7.63. The van der Waals surface area contributed by atoms with E-state index in [4.69, 9.17) is 4.74 Å². The molecule has 1 N–H and O–H groups in total. The van der Waals surface area contributed by atoms with Gasteiger partial charge in [-0.05, 0) is 24.0 Å². The number of hydrogen-bond donors (Lipinski definition) is 1. The Morgan fingerprint density at radius 3 is 2.89 bits per heavy atom. The standard InChI is InChI=1S/C16H25NO2/c1-2-3-10-19-13-16(18)12-17-9-8-14-6-4-5-7-15(14)11-17/h4-7,16,18H,2-3,8-13H2,1H3/t16-/m0/s1. The minimum Gasteiger partial charge on any atom is -0.389 e. The van der Waals surface area contributed by atoms with Crippen molar-refractivity contribution in [1.29, 1.82) is 0 Å². The SMILES string of the molecule is CCCCOC[C@@H](O)CN1CCc2ccccc2C1. The summed E-state index contributed by atoms with van der Waals surface area (Å²) in [4.78, 5) is 2.32. The van der Waals surface area contributed by atoms with Gasteiger partial charge in [0.05, 0.1) is 12.7 Å². The Hall–Kier alpha value is -0.900. The molecular weight excluding hydrogens is 238 g/mol. The van der Waals surface area contributed by atoms with Crippen molar-refractivity contribution < 1.29 is 9.84 Å². The maximum Gasteiger partial charge on any atom is 0.0900 e. The Balaban J connectivity index is 1.72. The second-order valence-electron chi connectivity index (χ2n) is 5.34. The fourth-order valence-corrected chi connectivity index (χ4v) is 2.53. The average Bonchev–Trinajstić information content (AvgIpc) is 2.43. The molecule has 0 saturated carbocycles. The number of nitrogens with zero attached hydrogens (tertiary/aromatic N) is 1. The zero-order valence-electron chi connectivity index (χ0n) is 11.8. The molecule has 0 amide bonds. The molecule has 0 aromatic heterocycles. The van der Waals surface area contributed by atoms with Crippen molar-refractivity contribution in [3.05, 3.63) is 35.4 Å². The first-order chi connectivity index (χ1) is 9.29. The predicted molar refractivity (Wildman–Crippen MR) is 77.2 cm³/mol. The van der Waals surface area contributed by atoms with Crippen LogP contribution in [0.5, 0.6) is 0 Å². The molecule has 0 radical (unpaired) electrons. The van der Waals surface area contributed by atoms with Crippen molar-refractivity contribution >= 4 is 0 Å². The highest BCUT2D eigenvalue weighted by molar-refractivity contribution is 5.29. The fraction of sp³-hybridized carbons (Fsp3) is 0.625. The first-order valence-corrected chi connectivity index (χ1v) is 7.34. The third-order valence-corrected chi connectivity index (χ3v) is 3.63. The van der Waals surface area contributed by atoms with Gasteiger partial charge in [-0.15, -0.1) is 0 Å². The highest BCUT2D eigenvalue weighted by Gasteiger charge is 2.18. The molecule has 1 aliphatic heterocycles. The summed E-state index contributed by atoms with van der Waals surface area (Å²) in [6, 6.07) is 8.58. The van der Waals surface area contributed by atoms with Crippen LogP contribution in [0.15, 0.2) is 24.3 Å². The molecule has 0 fully saturated rings. The summed E-state index contributed by atoms with van der Waals surface area (Å²) in [6.45, 7) is 6.05. The molecule has 1 aromatic carbocycles. The third-order valence-electron chi connectivity index (χ3n) is 3.63. The van der Waals surface area contributed by atoms with Crippen molar-refractivity contribution in [3.8, 4) is 0 Å². The van der Waals surface area contributed by atoms with Crippen LogP contribution in [-0.4, -0.2) is 42.4 Å². The van der Waals surface area contributed by atoms with E-state index in [1.54, 1.807) is 0 Å². The van der Waals surface area contributed by atoms with E-state index in [1.807, 2.05) is 0 Å². The molecule has 0 aliphatic carbocycles. The molecule has 106 valence electrons. The summed E-state index contributed by atoms with van der Waals surface area (Å²) >= 11 is 0. The van der Waals surface area contributed by atoms with Crippen molar-refractivity contribution in [2.45, 2.75) is 38.8 Å². The maximum absolute atomic E-state index is 9.98. The summed E-state index contributed by atoms with van der Waals surface area (Å²) in [5, 5.41) is 9.98. The monoisotopic (exact) mass is 263 g/mol. The van der Waals surface area contributed by atoms with E-state index in [-0.39, 0.29) is 6.10 Å². The van der Waals surface area contributed by atoms with Crippen molar-refractivity contribution in [2.75, 3.05) is 26.3 Å². The first kappa shape index (κ1) is 14.5. The van der Waals surface area contributed by atoms with Crippen LogP contribution in [0.25, 0.3) is 0 Å². The molecule has 3 heteroatoms. The largest absolute Gasteiger partial charge is 0.389 e. The first-order valence-electron chi connectivity index (χ1n) is 7.34. The van der Waals surface area contributed by atoms with Gasteiger partial charge in [0.15, 0.2) is 0 Å². The third kappa shape index (κ3) is 4.60. The minimum absolute atomic E-state index is 0.373. The van der Waals surface area contributed by atoms with Gasteiger partial charge in [-0.1, -0.05) is 37.6 Å². The number of aliphatic hydroxyl groups excluding tert-OH is 1. The van der Waals surface area contributed by atoms with Gasteiger partial charge in [-0.25, -0.2) is 0 Å². The molecule has 0 bridgehead atoms. The molecule has 1 aromatic rings. The summed E-state index contributed by atoms with van der Waals surface area (Å²) < 4.78 is 5.47. The van der Waals surface area contributed by atoms with Crippen molar-refractivity contribution in [1.82, 2.24) is 4.90 Å². The van der Waals surface area contributed by atoms with Crippen LogP contribution < -0.4 is 0 Å². The van der Waals surface area contributed by atoms with Crippen molar-refractivity contribution in [2.24, 2.45) is 0 Å². The van der Waals surface area contributed by atoms with Crippen LogP contribution in [0.4, 0.5) is 0 Å². The second-order valence-corrected chi connectivity index (χ2v) is 5.34. The van der Waals surface area contributed by atoms with E-state index in [0.717, 1.165) is 39.0 Å². The Labute approximate surface area is 116 Å². The van der Waals surface area contributed by atoms with Crippen molar-refractivity contribution in [3.63, 3.8) is 0 Å².